The highest BCUT2D eigenvalue weighted by atomic mass is 32.1. The average Bonchev–Trinajstić information content (AvgIpc) is 2.62. The zero-order valence-corrected chi connectivity index (χ0v) is 16.6. The minimum absolute atomic E-state index is 0.283. The molecule has 27 heavy (non-hydrogen) atoms. The van der Waals surface area contributed by atoms with E-state index in [-0.39, 0.29) is 6.61 Å². The summed E-state index contributed by atoms with van der Waals surface area (Å²) >= 11 is 5.22. The van der Waals surface area contributed by atoms with Gasteiger partial charge in [0.1, 0.15) is 5.75 Å². The fraction of sp³-hybridized carbons (Fsp3) is 0.421. The van der Waals surface area contributed by atoms with Crippen molar-refractivity contribution in [1.29, 1.82) is 0 Å². The highest BCUT2D eigenvalue weighted by molar-refractivity contribution is 7.80. The van der Waals surface area contributed by atoms with Gasteiger partial charge in [-0.25, -0.2) is 9.59 Å². The van der Waals surface area contributed by atoms with Crippen molar-refractivity contribution >= 4 is 29.3 Å². The molecular weight excluding hydrogens is 368 g/mol. The van der Waals surface area contributed by atoms with Crippen molar-refractivity contribution in [2.45, 2.75) is 39.8 Å². The number of ether oxygens (including phenoxy) is 3. The quantitative estimate of drug-likeness (QED) is 0.540. The number of carbonyl (C=O) groups excluding carboxylic acids is 2. The summed E-state index contributed by atoms with van der Waals surface area (Å²) in [6.45, 7) is 7.50. The van der Waals surface area contributed by atoms with Gasteiger partial charge >= 0.3 is 11.9 Å². The van der Waals surface area contributed by atoms with Crippen LogP contribution in [0.2, 0.25) is 0 Å². The number of rotatable bonds is 7. The smallest absolute Gasteiger partial charge is 0.347 e. The first-order valence-electron chi connectivity index (χ1n) is 8.76. The standard InChI is InChI=1S/C19H24N2O5S/c1-5-24-17(22)12(4)26-14-9-7-13(8-10-14)16-15(18(23)25-6-2)11(3)20-19(27)21-16/h7-10,12,16H,5-6H2,1-4H3,(H2,20,21,27)/t12-,16+/m1/s1. The maximum atomic E-state index is 12.4. The predicted molar refractivity (Wildman–Crippen MR) is 104 cm³/mol. The molecule has 0 amide bonds. The number of benzene rings is 1. The fourth-order valence-electron chi connectivity index (χ4n) is 2.67. The van der Waals surface area contributed by atoms with Crippen molar-refractivity contribution in [3.8, 4) is 5.75 Å². The number of allylic oxidation sites excluding steroid dienone is 1. The normalized spacial score (nSPS) is 17.5. The monoisotopic (exact) mass is 392 g/mol. The molecule has 1 aromatic carbocycles. The topological polar surface area (TPSA) is 85.9 Å². The van der Waals surface area contributed by atoms with Crippen LogP contribution in [0.1, 0.15) is 39.3 Å². The Balaban J connectivity index is 2.21. The number of hydrogen-bond acceptors (Lipinski definition) is 6. The average molecular weight is 392 g/mol. The van der Waals surface area contributed by atoms with Crippen molar-refractivity contribution < 1.29 is 23.8 Å². The molecule has 1 aliphatic heterocycles. The fourth-order valence-corrected chi connectivity index (χ4v) is 2.94. The van der Waals surface area contributed by atoms with E-state index in [1.165, 1.54) is 0 Å². The maximum absolute atomic E-state index is 12.4. The lowest BCUT2D eigenvalue weighted by Crippen LogP contribution is -2.45. The van der Waals surface area contributed by atoms with Crippen LogP contribution in [0.5, 0.6) is 5.75 Å². The lowest BCUT2D eigenvalue weighted by atomic mass is 9.95. The highest BCUT2D eigenvalue weighted by Gasteiger charge is 2.30. The number of thiocarbonyl (C=S) groups is 1. The Bertz CT molecular complexity index is 745. The van der Waals surface area contributed by atoms with Crippen molar-refractivity contribution in [3.05, 3.63) is 41.1 Å². The molecule has 0 unspecified atom stereocenters. The van der Waals surface area contributed by atoms with Gasteiger partial charge in [-0.05, 0) is 57.6 Å². The lowest BCUT2D eigenvalue weighted by molar-refractivity contribution is -0.150. The molecule has 146 valence electrons. The van der Waals surface area contributed by atoms with E-state index in [1.54, 1.807) is 39.8 Å². The molecule has 0 fully saturated rings. The predicted octanol–water partition coefficient (Wildman–Crippen LogP) is 2.37. The van der Waals surface area contributed by atoms with Crippen molar-refractivity contribution in [2.24, 2.45) is 0 Å². The first-order chi connectivity index (χ1) is 12.9. The number of esters is 2. The van der Waals surface area contributed by atoms with Gasteiger partial charge in [0, 0.05) is 5.70 Å². The maximum Gasteiger partial charge on any atom is 0.347 e. The van der Waals surface area contributed by atoms with Gasteiger partial charge in [-0.2, -0.15) is 0 Å². The number of carbonyl (C=O) groups is 2. The molecule has 2 rings (SSSR count). The van der Waals surface area contributed by atoms with Gasteiger partial charge in [-0.3, -0.25) is 0 Å². The molecule has 8 heteroatoms. The number of nitrogens with one attached hydrogen (secondary N) is 2. The van der Waals surface area contributed by atoms with E-state index in [9.17, 15) is 9.59 Å². The molecule has 0 radical (unpaired) electrons. The third kappa shape index (κ3) is 5.19. The summed E-state index contributed by atoms with van der Waals surface area (Å²) in [5.41, 5.74) is 1.94. The van der Waals surface area contributed by atoms with E-state index >= 15 is 0 Å². The Kier molecular flexibility index (Phi) is 7.18. The molecule has 2 atom stereocenters. The lowest BCUT2D eigenvalue weighted by Gasteiger charge is -2.30. The van der Waals surface area contributed by atoms with Crippen LogP contribution in [0.4, 0.5) is 0 Å². The molecular formula is C19H24N2O5S. The van der Waals surface area contributed by atoms with Crippen LogP contribution in [0.3, 0.4) is 0 Å². The van der Waals surface area contributed by atoms with Gasteiger partial charge in [0.2, 0.25) is 0 Å². The molecule has 1 aromatic rings. The zero-order valence-electron chi connectivity index (χ0n) is 15.8. The second-order valence-corrected chi connectivity index (χ2v) is 6.28. The highest BCUT2D eigenvalue weighted by Crippen LogP contribution is 2.29. The van der Waals surface area contributed by atoms with E-state index in [0.29, 0.717) is 28.7 Å². The Morgan fingerprint density at radius 2 is 1.78 bits per heavy atom. The SMILES string of the molecule is CCOC(=O)C1=C(C)NC(=S)N[C@H]1c1ccc(O[C@H](C)C(=O)OCC)cc1. The van der Waals surface area contributed by atoms with Crippen LogP contribution in [0, 0.1) is 0 Å². The summed E-state index contributed by atoms with van der Waals surface area (Å²) in [4.78, 5) is 24.0. The van der Waals surface area contributed by atoms with Gasteiger partial charge in [-0.1, -0.05) is 12.1 Å². The Labute approximate surface area is 164 Å². The van der Waals surface area contributed by atoms with E-state index in [1.807, 2.05) is 12.1 Å². The second-order valence-electron chi connectivity index (χ2n) is 5.87. The van der Waals surface area contributed by atoms with Crippen LogP contribution >= 0.6 is 12.2 Å². The Hall–Kier alpha value is -2.61. The molecule has 7 nitrogen and oxygen atoms in total. The molecule has 0 saturated heterocycles. The molecule has 0 aliphatic carbocycles. The minimum atomic E-state index is -0.711. The molecule has 1 aliphatic rings. The van der Waals surface area contributed by atoms with Crippen molar-refractivity contribution in [1.82, 2.24) is 10.6 Å². The van der Waals surface area contributed by atoms with Crippen molar-refractivity contribution in [3.63, 3.8) is 0 Å². The van der Waals surface area contributed by atoms with Gasteiger partial charge in [0.25, 0.3) is 0 Å². The van der Waals surface area contributed by atoms with E-state index < -0.39 is 24.1 Å². The van der Waals surface area contributed by atoms with E-state index in [0.717, 1.165) is 5.56 Å². The van der Waals surface area contributed by atoms with Gasteiger partial charge < -0.3 is 24.8 Å². The van der Waals surface area contributed by atoms with E-state index in [2.05, 4.69) is 10.6 Å². The van der Waals surface area contributed by atoms with Crippen LogP contribution in [0.15, 0.2) is 35.5 Å². The van der Waals surface area contributed by atoms with Gasteiger partial charge in [0.15, 0.2) is 11.2 Å². The molecule has 1 heterocycles. The van der Waals surface area contributed by atoms with E-state index in [4.69, 9.17) is 26.4 Å². The summed E-state index contributed by atoms with van der Waals surface area (Å²) < 4.78 is 15.7. The van der Waals surface area contributed by atoms with Crippen LogP contribution in [0.25, 0.3) is 0 Å². The third-order valence-electron chi connectivity index (χ3n) is 3.91. The first kappa shape index (κ1) is 20.7. The summed E-state index contributed by atoms with van der Waals surface area (Å²) in [7, 11) is 0. The zero-order chi connectivity index (χ0) is 20.0. The molecule has 0 saturated carbocycles. The summed E-state index contributed by atoms with van der Waals surface area (Å²) in [6.07, 6.45) is -0.711. The number of hydrogen-bond donors (Lipinski definition) is 2. The van der Waals surface area contributed by atoms with Crippen LogP contribution in [-0.2, 0) is 19.1 Å². The van der Waals surface area contributed by atoms with Gasteiger partial charge in [0.05, 0.1) is 24.8 Å². The second kappa shape index (κ2) is 9.36. The van der Waals surface area contributed by atoms with Crippen LogP contribution < -0.4 is 15.4 Å². The van der Waals surface area contributed by atoms with Gasteiger partial charge in [-0.15, -0.1) is 0 Å². The Morgan fingerprint density at radius 3 is 2.37 bits per heavy atom. The molecule has 0 spiro atoms. The summed E-state index contributed by atoms with van der Waals surface area (Å²) in [6, 6.07) is 6.65. The molecule has 0 bridgehead atoms. The van der Waals surface area contributed by atoms with Crippen LogP contribution in [-0.4, -0.2) is 36.4 Å². The largest absolute Gasteiger partial charge is 0.479 e. The van der Waals surface area contributed by atoms with Crippen molar-refractivity contribution in [2.75, 3.05) is 13.2 Å². The summed E-state index contributed by atoms with van der Waals surface area (Å²) in [5, 5.41) is 6.48. The third-order valence-corrected chi connectivity index (χ3v) is 4.13. The first-order valence-corrected chi connectivity index (χ1v) is 9.16. The molecule has 0 aromatic heterocycles. The Morgan fingerprint density at radius 1 is 1.15 bits per heavy atom. The molecule has 2 N–H and O–H groups in total. The summed E-state index contributed by atoms with van der Waals surface area (Å²) in [5.74, 6) is -0.303. The minimum Gasteiger partial charge on any atom is -0.479 e.